The summed E-state index contributed by atoms with van der Waals surface area (Å²) in [4.78, 5) is 0. The zero-order valence-electron chi connectivity index (χ0n) is 12.1. The molecule has 0 bridgehead atoms. The van der Waals surface area contributed by atoms with Gasteiger partial charge in [-0.15, -0.1) is 12.4 Å². The average Bonchev–Trinajstić information content (AvgIpc) is 2.84. The molecule has 0 heterocycles. The van der Waals surface area contributed by atoms with Gasteiger partial charge in [-0.05, 0) is 43.0 Å². The van der Waals surface area contributed by atoms with Crippen LogP contribution in [0.2, 0.25) is 0 Å². The highest BCUT2D eigenvalue weighted by Gasteiger charge is 2.29. The zero-order chi connectivity index (χ0) is 14.6. The van der Waals surface area contributed by atoms with Gasteiger partial charge in [0.25, 0.3) is 0 Å². The van der Waals surface area contributed by atoms with Crippen LogP contribution in [0.15, 0.2) is 24.3 Å². The summed E-state index contributed by atoms with van der Waals surface area (Å²) in [5, 5.41) is 0. The first-order valence-corrected chi connectivity index (χ1v) is 8.52. The molecule has 1 aromatic carbocycles. The minimum Gasteiger partial charge on any atom is -0.497 e. The molecule has 1 saturated carbocycles. The number of sulfonamides is 1. The molecule has 0 amide bonds. The van der Waals surface area contributed by atoms with Crippen LogP contribution in [0.1, 0.15) is 24.8 Å². The third kappa shape index (κ3) is 5.14. The van der Waals surface area contributed by atoms with E-state index in [1.54, 1.807) is 31.4 Å². The summed E-state index contributed by atoms with van der Waals surface area (Å²) in [5.41, 5.74) is 6.40. The van der Waals surface area contributed by atoms with E-state index < -0.39 is 10.0 Å². The number of nitrogens with one attached hydrogen (secondary N) is 1. The molecule has 3 N–H and O–H groups in total. The monoisotopic (exact) mass is 334 g/mol. The minimum atomic E-state index is -3.35. The molecule has 21 heavy (non-hydrogen) atoms. The first-order valence-electron chi connectivity index (χ1n) is 6.87. The smallest absolute Gasteiger partial charge is 0.216 e. The van der Waals surface area contributed by atoms with Crippen LogP contribution in [0.5, 0.6) is 5.75 Å². The van der Waals surface area contributed by atoms with E-state index in [-0.39, 0.29) is 30.1 Å². The van der Waals surface area contributed by atoms with Gasteiger partial charge in [-0.1, -0.05) is 18.6 Å². The number of hydrogen-bond acceptors (Lipinski definition) is 4. The van der Waals surface area contributed by atoms with E-state index >= 15 is 0 Å². The second-order valence-electron chi connectivity index (χ2n) is 5.26. The largest absolute Gasteiger partial charge is 0.497 e. The van der Waals surface area contributed by atoms with Crippen molar-refractivity contribution in [1.29, 1.82) is 0 Å². The highest BCUT2D eigenvalue weighted by molar-refractivity contribution is 7.88. The van der Waals surface area contributed by atoms with Crippen LogP contribution in [0.3, 0.4) is 0 Å². The van der Waals surface area contributed by atoms with E-state index in [1.165, 1.54) is 0 Å². The highest BCUT2D eigenvalue weighted by Crippen LogP contribution is 2.25. The van der Waals surface area contributed by atoms with Crippen LogP contribution in [-0.4, -0.2) is 28.1 Å². The fourth-order valence-corrected chi connectivity index (χ4v) is 4.20. The van der Waals surface area contributed by atoms with Gasteiger partial charge in [-0.2, -0.15) is 0 Å². The van der Waals surface area contributed by atoms with E-state index in [0.29, 0.717) is 12.3 Å². The molecule has 0 spiro atoms. The Morgan fingerprint density at radius 2 is 2.14 bits per heavy atom. The van der Waals surface area contributed by atoms with E-state index in [2.05, 4.69) is 4.72 Å². The second-order valence-corrected chi connectivity index (χ2v) is 7.02. The molecular formula is C14H23ClN2O3S. The maximum absolute atomic E-state index is 12.2. The Bertz CT molecular complexity index is 551. The molecule has 1 aromatic rings. The Morgan fingerprint density at radius 3 is 2.81 bits per heavy atom. The quantitative estimate of drug-likeness (QED) is 0.829. The molecule has 1 fully saturated rings. The summed E-state index contributed by atoms with van der Waals surface area (Å²) in [6.07, 6.45) is 2.91. The number of methoxy groups -OCH3 is 1. The number of hydrogen-bond donors (Lipinski definition) is 2. The van der Waals surface area contributed by atoms with Crippen molar-refractivity contribution in [1.82, 2.24) is 4.72 Å². The molecule has 5 nitrogen and oxygen atoms in total. The first-order chi connectivity index (χ1) is 9.54. The normalized spacial score (nSPS) is 21.8. The van der Waals surface area contributed by atoms with E-state index in [1.807, 2.05) is 0 Å². The molecule has 0 aromatic heterocycles. The van der Waals surface area contributed by atoms with Gasteiger partial charge >= 0.3 is 0 Å². The van der Waals surface area contributed by atoms with Crippen molar-refractivity contribution in [3.05, 3.63) is 29.8 Å². The molecule has 7 heteroatoms. The molecule has 2 unspecified atom stereocenters. The third-order valence-corrected chi connectivity index (χ3v) is 5.16. The van der Waals surface area contributed by atoms with Crippen molar-refractivity contribution in [2.24, 2.45) is 11.7 Å². The maximum atomic E-state index is 12.2. The van der Waals surface area contributed by atoms with Crippen molar-refractivity contribution >= 4 is 22.4 Å². The van der Waals surface area contributed by atoms with Gasteiger partial charge in [0.2, 0.25) is 10.0 Å². The summed E-state index contributed by atoms with van der Waals surface area (Å²) in [6, 6.07) is 7.11. The van der Waals surface area contributed by atoms with Gasteiger partial charge in [-0.3, -0.25) is 0 Å². The van der Waals surface area contributed by atoms with Crippen molar-refractivity contribution in [3.63, 3.8) is 0 Å². The van der Waals surface area contributed by atoms with E-state index in [4.69, 9.17) is 10.5 Å². The molecule has 0 radical (unpaired) electrons. The first kappa shape index (κ1) is 18.2. The van der Waals surface area contributed by atoms with Crippen molar-refractivity contribution in [2.45, 2.75) is 31.1 Å². The summed E-state index contributed by atoms with van der Waals surface area (Å²) in [7, 11) is -1.78. The SMILES string of the molecule is COc1cccc(CS(=O)(=O)NC2CCCC2CN)c1.Cl. The van der Waals surface area contributed by atoms with E-state index in [9.17, 15) is 8.42 Å². The fraction of sp³-hybridized carbons (Fsp3) is 0.571. The van der Waals surface area contributed by atoms with Gasteiger partial charge in [0, 0.05) is 6.04 Å². The lowest BCUT2D eigenvalue weighted by Crippen LogP contribution is -2.40. The fourth-order valence-electron chi connectivity index (χ4n) is 2.73. The molecular weight excluding hydrogens is 312 g/mol. The molecule has 1 aliphatic carbocycles. The van der Waals surface area contributed by atoms with Gasteiger partial charge < -0.3 is 10.5 Å². The van der Waals surface area contributed by atoms with Gasteiger partial charge in [0.05, 0.1) is 12.9 Å². The van der Waals surface area contributed by atoms with Crippen LogP contribution in [-0.2, 0) is 15.8 Å². The summed E-state index contributed by atoms with van der Waals surface area (Å²) in [6.45, 7) is 0.534. The Morgan fingerprint density at radius 1 is 1.38 bits per heavy atom. The Labute approximate surface area is 132 Å². The maximum Gasteiger partial charge on any atom is 0.216 e. The number of nitrogens with two attached hydrogens (primary N) is 1. The lowest BCUT2D eigenvalue weighted by molar-refractivity contribution is 0.414. The minimum absolute atomic E-state index is 0. The van der Waals surface area contributed by atoms with Crippen molar-refractivity contribution < 1.29 is 13.2 Å². The van der Waals surface area contributed by atoms with Crippen LogP contribution in [0.4, 0.5) is 0 Å². The van der Waals surface area contributed by atoms with Crippen LogP contribution in [0.25, 0.3) is 0 Å². The zero-order valence-corrected chi connectivity index (χ0v) is 13.8. The predicted octanol–water partition coefficient (Wildman–Crippen LogP) is 1.66. The molecule has 2 rings (SSSR count). The van der Waals surface area contributed by atoms with Gasteiger partial charge in [0.15, 0.2) is 0 Å². The Kier molecular flexibility index (Phi) is 6.93. The molecule has 0 saturated heterocycles. The second kappa shape index (κ2) is 7.98. The molecule has 2 atom stereocenters. The van der Waals surface area contributed by atoms with Crippen LogP contribution < -0.4 is 15.2 Å². The average molecular weight is 335 g/mol. The van der Waals surface area contributed by atoms with Crippen LogP contribution in [0, 0.1) is 5.92 Å². The lowest BCUT2D eigenvalue weighted by atomic mass is 10.1. The Balaban J connectivity index is 0.00000220. The predicted molar refractivity (Wildman–Crippen MR) is 86.2 cm³/mol. The molecule has 120 valence electrons. The van der Waals surface area contributed by atoms with Crippen molar-refractivity contribution in [2.75, 3.05) is 13.7 Å². The van der Waals surface area contributed by atoms with Gasteiger partial charge in [0.1, 0.15) is 5.75 Å². The Hall–Kier alpha value is -0.820. The van der Waals surface area contributed by atoms with E-state index in [0.717, 1.165) is 24.8 Å². The molecule has 1 aliphatic rings. The van der Waals surface area contributed by atoms with Gasteiger partial charge in [-0.25, -0.2) is 13.1 Å². The molecule has 0 aliphatic heterocycles. The number of ether oxygens (including phenoxy) is 1. The van der Waals surface area contributed by atoms with Crippen molar-refractivity contribution in [3.8, 4) is 5.75 Å². The third-order valence-electron chi connectivity index (χ3n) is 3.78. The number of rotatable bonds is 6. The summed E-state index contributed by atoms with van der Waals surface area (Å²) < 4.78 is 32.3. The standard InChI is InChI=1S/C14H22N2O3S.ClH/c1-19-13-6-2-4-11(8-13)10-20(17,18)16-14-7-3-5-12(14)9-15;/h2,4,6,8,12,14,16H,3,5,7,9-10,15H2,1H3;1H. The number of benzene rings is 1. The highest BCUT2D eigenvalue weighted by atomic mass is 35.5. The lowest BCUT2D eigenvalue weighted by Gasteiger charge is -2.19. The number of halogens is 1. The summed E-state index contributed by atoms with van der Waals surface area (Å²) >= 11 is 0. The topological polar surface area (TPSA) is 81.4 Å². The van der Waals surface area contributed by atoms with Crippen LogP contribution >= 0.6 is 12.4 Å². The summed E-state index contributed by atoms with van der Waals surface area (Å²) in [5.74, 6) is 0.895.